The third-order valence-electron chi connectivity index (χ3n) is 1.92. The number of allylic oxidation sites excluding steroid dienone is 2. The van der Waals surface area contributed by atoms with Gasteiger partial charge in [-0.25, -0.2) is 0 Å². The second-order valence-corrected chi connectivity index (χ2v) is 2.74. The van der Waals surface area contributed by atoms with Crippen LogP contribution in [-0.2, 0) is 9.59 Å². The highest BCUT2D eigenvalue weighted by molar-refractivity contribution is 6.00. The van der Waals surface area contributed by atoms with Gasteiger partial charge in [-0.15, -0.1) is 0 Å². The summed E-state index contributed by atoms with van der Waals surface area (Å²) in [6.45, 7) is 8.48. The van der Waals surface area contributed by atoms with Crippen molar-refractivity contribution in [2.45, 2.75) is 13.3 Å². The van der Waals surface area contributed by atoms with Crippen LogP contribution in [0.3, 0.4) is 0 Å². The molecule has 0 unspecified atom stereocenters. The lowest BCUT2D eigenvalue weighted by Crippen LogP contribution is -2.29. The lowest BCUT2D eigenvalue weighted by Gasteiger charge is -2.12. The van der Waals surface area contributed by atoms with Crippen molar-refractivity contribution in [2.24, 2.45) is 0 Å². The molecule has 0 spiro atoms. The fourth-order valence-corrected chi connectivity index (χ4v) is 1.35. The SMILES string of the molecule is C=CC1=C(C=C)N(C(C)=O)C(=O)C1. The van der Waals surface area contributed by atoms with Crippen molar-refractivity contribution in [3.63, 3.8) is 0 Å². The molecule has 0 saturated heterocycles. The normalized spacial score (nSPS) is 16.4. The van der Waals surface area contributed by atoms with Crippen molar-refractivity contribution in [1.82, 2.24) is 4.90 Å². The molecule has 0 radical (unpaired) electrons. The minimum absolute atomic E-state index is 0.211. The zero-order valence-electron chi connectivity index (χ0n) is 7.54. The predicted molar refractivity (Wildman–Crippen MR) is 49.6 cm³/mol. The molecule has 0 aliphatic carbocycles. The summed E-state index contributed by atoms with van der Waals surface area (Å²) in [6, 6.07) is 0. The highest BCUT2D eigenvalue weighted by Gasteiger charge is 2.29. The third-order valence-corrected chi connectivity index (χ3v) is 1.92. The van der Waals surface area contributed by atoms with Gasteiger partial charge in [0, 0.05) is 6.92 Å². The van der Waals surface area contributed by atoms with Crippen LogP contribution in [0.1, 0.15) is 13.3 Å². The van der Waals surface area contributed by atoms with Crippen LogP contribution >= 0.6 is 0 Å². The molecule has 13 heavy (non-hydrogen) atoms. The van der Waals surface area contributed by atoms with E-state index in [1.54, 1.807) is 6.08 Å². The van der Waals surface area contributed by atoms with Gasteiger partial charge in [-0.05, 0) is 11.6 Å². The number of rotatable bonds is 2. The summed E-state index contributed by atoms with van der Waals surface area (Å²) in [5, 5.41) is 0. The Morgan fingerprint density at radius 1 is 1.46 bits per heavy atom. The van der Waals surface area contributed by atoms with Crippen LogP contribution < -0.4 is 0 Å². The van der Waals surface area contributed by atoms with E-state index in [0.717, 1.165) is 10.5 Å². The first-order valence-electron chi connectivity index (χ1n) is 3.93. The van der Waals surface area contributed by atoms with Crippen molar-refractivity contribution >= 4 is 11.8 Å². The summed E-state index contributed by atoms with van der Waals surface area (Å²) in [4.78, 5) is 23.5. The Morgan fingerprint density at radius 2 is 2.08 bits per heavy atom. The number of carbonyl (C=O) groups is 2. The highest BCUT2D eigenvalue weighted by atomic mass is 16.2. The topological polar surface area (TPSA) is 37.4 Å². The lowest BCUT2D eigenvalue weighted by molar-refractivity contribution is -0.139. The van der Waals surface area contributed by atoms with Gasteiger partial charge < -0.3 is 0 Å². The first-order chi connectivity index (χ1) is 6.11. The largest absolute Gasteiger partial charge is 0.274 e. The highest BCUT2D eigenvalue weighted by Crippen LogP contribution is 2.25. The molecule has 0 fully saturated rings. The molecule has 1 rings (SSSR count). The molecule has 1 heterocycles. The Hall–Kier alpha value is -1.64. The van der Waals surface area contributed by atoms with Crippen molar-refractivity contribution in [1.29, 1.82) is 0 Å². The van der Waals surface area contributed by atoms with E-state index in [2.05, 4.69) is 13.2 Å². The van der Waals surface area contributed by atoms with Gasteiger partial charge in [0.15, 0.2) is 0 Å². The van der Waals surface area contributed by atoms with E-state index in [-0.39, 0.29) is 18.2 Å². The molecule has 0 atom stereocenters. The Kier molecular flexibility index (Phi) is 2.46. The van der Waals surface area contributed by atoms with Crippen LogP contribution in [0.5, 0.6) is 0 Å². The molecule has 68 valence electrons. The predicted octanol–water partition coefficient (Wildman–Crippen LogP) is 1.39. The average Bonchev–Trinajstić information content (AvgIpc) is 2.41. The van der Waals surface area contributed by atoms with Gasteiger partial charge >= 0.3 is 0 Å². The first-order valence-corrected chi connectivity index (χ1v) is 3.93. The first kappa shape index (κ1) is 9.45. The smallest absolute Gasteiger partial charge is 0.238 e. The van der Waals surface area contributed by atoms with Gasteiger partial charge in [0.05, 0.1) is 12.1 Å². The molecular weight excluding hydrogens is 166 g/mol. The molecule has 2 amide bonds. The number of hydrogen-bond acceptors (Lipinski definition) is 2. The number of imide groups is 1. The Morgan fingerprint density at radius 3 is 2.46 bits per heavy atom. The van der Waals surface area contributed by atoms with Crippen LogP contribution in [0, 0.1) is 0 Å². The fourth-order valence-electron chi connectivity index (χ4n) is 1.35. The lowest BCUT2D eigenvalue weighted by atomic mass is 10.2. The minimum atomic E-state index is -0.281. The number of hydrogen-bond donors (Lipinski definition) is 0. The summed E-state index contributed by atoms with van der Waals surface area (Å²) in [5.41, 5.74) is 1.32. The fraction of sp³-hybridized carbons (Fsp3) is 0.200. The maximum absolute atomic E-state index is 11.3. The molecule has 1 aliphatic rings. The van der Waals surface area contributed by atoms with Crippen LogP contribution in [0.25, 0.3) is 0 Å². The van der Waals surface area contributed by atoms with Crippen molar-refractivity contribution in [3.05, 3.63) is 36.6 Å². The van der Waals surface area contributed by atoms with Gasteiger partial charge in [-0.2, -0.15) is 0 Å². The zero-order chi connectivity index (χ0) is 10.0. The van der Waals surface area contributed by atoms with E-state index in [1.807, 2.05) is 0 Å². The Labute approximate surface area is 77.0 Å². The molecular formula is C10H11NO2. The van der Waals surface area contributed by atoms with E-state index in [9.17, 15) is 9.59 Å². The molecule has 1 aliphatic heterocycles. The molecule has 0 saturated carbocycles. The summed E-state index contributed by atoms with van der Waals surface area (Å²) in [6.07, 6.45) is 3.32. The Bertz CT molecular complexity index is 326. The summed E-state index contributed by atoms with van der Waals surface area (Å²) in [5.74, 6) is -0.492. The molecule has 0 aromatic rings. The van der Waals surface area contributed by atoms with Gasteiger partial charge in [0.2, 0.25) is 11.8 Å². The van der Waals surface area contributed by atoms with Gasteiger partial charge in [-0.3, -0.25) is 14.5 Å². The quantitative estimate of drug-likeness (QED) is 0.639. The van der Waals surface area contributed by atoms with Crippen molar-refractivity contribution in [3.8, 4) is 0 Å². The van der Waals surface area contributed by atoms with Crippen molar-refractivity contribution in [2.75, 3.05) is 0 Å². The second-order valence-electron chi connectivity index (χ2n) is 2.74. The van der Waals surface area contributed by atoms with Gasteiger partial charge in [-0.1, -0.05) is 19.2 Å². The maximum Gasteiger partial charge on any atom is 0.238 e. The molecule has 3 nitrogen and oxygen atoms in total. The van der Waals surface area contributed by atoms with E-state index in [4.69, 9.17) is 0 Å². The standard InChI is InChI=1S/C10H11NO2/c1-4-8-6-10(13)11(7(3)12)9(8)5-2/h4-5H,1-2,6H2,3H3. The van der Waals surface area contributed by atoms with Crippen LogP contribution in [-0.4, -0.2) is 16.7 Å². The summed E-state index contributed by atoms with van der Waals surface area (Å²) < 4.78 is 0. The number of nitrogens with zero attached hydrogens (tertiary/aromatic N) is 1. The zero-order valence-corrected chi connectivity index (χ0v) is 7.54. The Balaban J connectivity index is 3.15. The summed E-state index contributed by atoms with van der Waals surface area (Å²) >= 11 is 0. The van der Waals surface area contributed by atoms with Crippen molar-refractivity contribution < 1.29 is 9.59 Å². The monoisotopic (exact) mass is 177 g/mol. The van der Waals surface area contributed by atoms with Gasteiger partial charge in [0.1, 0.15) is 0 Å². The molecule has 3 heteroatoms. The molecule has 0 aromatic heterocycles. The maximum atomic E-state index is 11.3. The number of carbonyl (C=O) groups excluding carboxylic acids is 2. The minimum Gasteiger partial charge on any atom is -0.274 e. The van der Waals surface area contributed by atoms with Gasteiger partial charge in [0.25, 0.3) is 0 Å². The van der Waals surface area contributed by atoms with E-state index in [1.165, 1.54) is 13.0 Å². The van der Waals surface area contributed by atoms with Crippen LogP contribution in [0.15, 0.2) is 36.6 Å². The van der Waals surface area contributed by atoms with Crippen LogP contribution in [0.4, 0.5) is 0 Å². The average molecular weight is 177 g/mol. The molecule has 0 N–H and O–H groups in total. The number of amides is 2. The molecule has 0 aromatic carbocycles. The van der Waals surface area contributed by atoms with Crippen LogP contribution in [0.2, 0.25) is 0 Å². The van der Waals surface area contributed by atoms with E-state index >= 15 is 0 Å². The third kappa shape index (κ3) is 1.45. The van der Waals surface area contributed by atoms with E-state index in [0.29, 0.717) is 5.70 Å². The molecule has 0 bridgehead atoms. The second kappa shape index (κ2) is 3.39. The summed E-state index contributed by atoms with van der Waals surface area (Å²) in [7, 11) is 0. The van der Waals surface area contributed by atoms with E-state index < -0.39 is 0 Å².